The molecular weight excluding hydrogens is 687 g/mol. The average molecular weight is 727 g/mol. The number of hydrogen-bond donors (Lipinski definition) is 3. The first-order valence-corrected chi connectivity index (χ1v) is 16.4. The highest BCUT2D eigenvalue weighted by Crippen LogP contribution is 2.36. The number of nitrogen functional groups attached to an aromatic ring is 2. The second-order valence-corrected chi connectivity index (χ2v) is 14.5. The maximum atomic E-state index is 11.9. The summed E-state index contributed by atoms with van der Waals surface area (Å²) in [7, 11) is -0.536. The van der Waals surface area contributed by atoms with Gasteiger partial charge in [-0.25, -0.2) is 14.8 Å². The molecule has 5 heterocycles. The second kappa shape index (κ2) is 14.0. The van der Waals surface area contributed by atoms with E-state index in [0.29, 0.717) is 17.1 Å². The zero-order valence-corrected chi connectivity index (χ0v) is 30.1. The third-order valence-corrected chi connectivity index (χ3v) is 8.48. The molecule has 0 radical (unpaired) electrons. The molecule has 0 bridgehead atoms. The van der Waals surface area contributed by atoms with Crippen LogP contribution in [0.3, 0.4) is 0 Å². The molecule has 0 amide bonds. The summed E-state index contributed by atoms with van der Waals surface area (Å²) in [6.07, 6.45) is 9.84. The molecule has 1 aliphatic rings. The van der Waals surface area contributed by atoms with Gasteiger partial charge in [-0.2, -0.15) is 14.9 Å². The Bertz CT molecular complexity index is 2020. The van der Waals surface area contributed by atoms with E-state index < -0.39 is 30.0 Å². The number of nitrogens with one attached hydrogen (secondary N) is 1. The minimum atomic E-state index is -0.562. The van der Waals surface area contributed by atoms with Crippen molar-refractivity contribution in [3.63, 3.8) is 0 Å². The Hall–Kier alpha value is -4.79. The Kier molecular flexibility index (Phi) is 10.1. The number of ether oxygens (including phenoxy) is 1. The summed E-state index contributed by atoms with van der Waals surface area (Å²) in [4.78, 5) is 20.0. The number of carbonyl (C=O) groups is 1. The van der Waals surface area contributed by atoms with Gasteiger partial charge >= 0.3 is 13.2 Å². The summed E-state index contributed by atoms with van der Waals surface area (Å²) in [5.41, 5.74) is 12.7. The molecule has 0 atom stereocenters. The normalized spacial score (nSPS) is 14.9. The van der Waals surface area contributed by atoms with Gasteiger partial charge in [-0.3, -0.25) is 5.10 Å². The van der Waals surface area contributed by atoms with Crippen LogP contribution in [0.15, 0.2) is 90.2 Å². The van der Waals surface area contributed by atoms with Gasteiger partial charge < -0.3 is 25.5 Å². The van der Waals surface area contributed by atoms with E-state index in [1.54, 1.807) is 31.0 Å². The number of nitrogens with zero attached hydrogens (tertiary/aromatic N) is 5. The maximum Gasteiger partial charge on any atom is 0.498 e. The van der Waals surface area contributed by atoms with E-state index in [2.05, 4.69) is 47.3 Å². The first-order valence-electron chi connectivity index (χ1n) is 15.6. The number of halogens is 1. The summed E-state index contributed by atoms with van der Waals surface area (Å²) in [5.74, 6) is 1.09. The smallest absolute Gasteiger partial charge is 0.442 e. The molecule has 1 aliphatic heterocycles. The Morgan fingerprint density at radius 3 is 2.00 bits per heavy atom. The molecule has 14 heteroatoms. The fourth-order valence-electron chi connectivity index (χ4n) is 4.72. The fourth-order valence-corrected chi connectivity index (χ4v) is 5.10. The number of aromatic amines is 1. The van der Waals surface area contributed by atoms with Gasteiger partial charge in [0.25, 0.3) is 0 Å². The topological polar surface area (TPSA) is 169 Å². The fraction of sp³-hybridized carbons (Fsp3) is 0.286. The number of H-pyrrole nitrogens is 1. The number of anilines is 2. The molecule has 12 nitrogen and oxygen atoms in total. The van der Waals surface area contributed by atoms with E-state index in [0.717, 1.165) is 41.8 Å². The second-order valence-electron chi connectivity index (χ2n) is 13.5. The Morgan fingerprint density at radius 2 is 1.43 bits per heavy atom. The van der Waals surface area contributed by atoms with Gasteiger partial charge in [0, 0.05) is 57.3 Å². The monoisotopic (exact) mass is 726 g/mol. The number of benzene rings is 2. The predicted octanol–water partition coefficient (Wildman–Crippen LogP) is 6.75. The van der Waals surface area contributed by atoms with Crippen molar-refractivity contribution in [2.24, 2.45) is 0 Å². The molecule has 0 saturated carbocycles. The van der Waals surface area contributed by atoms with Crippen molar-refractivity contribution >= 4 is 67.8 Å². The Morgan fingerprint density at radius 1 is 0.837 bits per heavy atom. The number of carbonyl (C=O) groups excluding carboxylic acids is 1. The van der Waals surface area contributed by atoms with E-state index in [-0.39, 0.29) is 0 Å². The predicted molar refractivity (Wildman–Crippen MR) is 197 cm³/mol. The zero-order valence-electron chi connectivity index (χ0n) is 28.6. The molecule has 4 aromatic heterocycles. The van der Waals surface area contributed by atoms with Gasteiger partial charge in [0.05, 0.1) is 17.4 Å². The molecule has 0 aliphatic carbocycles. The Balaban J connectivity index is 0.000000149. The van der Waals surface area contributed by atoms with Gasteiger partial charge in [0.1, 0.15) is 17.2 Å². The van der Waals surface area contributed by atoms with Crippen molar-refractivity contribution < 1.29 is 18.8 Å². The van der Waals surface area contributed by atoms with Crippen LogP contribution in [0, 0.1) is 0 Å². The van der Waals surface area contributed by atoms with Crippen LogP contribution >= 0.6 is 15.9 Å². The minimum Gasteiger partial charge on any atom is -0.442 e. The standard InChI is InChI=1S/C14H23BN2O4.C12H10N4.C9H7BrN2/c1-12(2,3)19-11(18)17-9-10(8-16-17)15-20-13(4,5)14(6,7)21-15;13-12-4-10-3-8(11-6-15-16-7-11)1-2-9(10)5-14-12;10-8-2-1-6-5-12-9(11)4-7(6)3-8/h8-9H,1-7H3;1-7H,(H2,13,14)(H,15,16);1-5H,(H2,11,12). The lowest BCUT2D eigenvalue weighted by Crippen LogP contribution is -2.41. The van der Waals surface area contributed by atoms with Gasteiger partial charge in [-0.15, -0.1) is 0 Å². The largest absolute Gasteiger partial charge is 0.498 e. The average Bonchev–Trinajstić information content (AvgIpc) is 3.77. The van der Waals surface area contributed by atoms with E-state index in [1.165, 1.54) is 0 Å². The molecule has 0 unspecified atom stereocenters. The van der Waals surface area contributed by atoms with Crippen molar-refractivity contribution in [2.75, 3.05) is 11.5 Å². The lowest BCUT2D eigenvalue weighted by atomic mass is 9.82. The van der Waals surface area contributed by atoms with E-state index in [9.17, 15) is 4.79 Å². The molecular formula is C35H40BBrN8O4. The van der Waals surface area contributed by atoms with E-state index >= 15 is 0 Å². The highest BCUT2D eigenvalue weighted by atomic mass is 79.9. The number of aromatic nitrogens is 6. The molecule has 0 spiro atoms. The van der Waals surface area contributed by atoms with Crippen molar-refractivity contribution in [1.29, 1.82) is 0 Å². The Labute approximate surface area is 293 Å². The molecule has 5 N–H and O–H groups in total. The molecule has 1 fully saturated rings. The van der Waals surface area contributed by atoms with Crippen LogP contribution in [0.1, 0.15) is 48.5 Å². The van der Waals surface area contributed by atoms with Gasteiger partial charge in [0.2, 0.25) is 0 Å². The highest BCUT2D eigenvalue weighted by Gasteiger charge is 2.52. The van der Waals surface area contributed by atoms with Crippen molar-refractivity contribution in [2.45, 2.75) is 65.3 Å². The third-order valence-electron chi connectivity index (χ3n) is 7.99. The summed E-state index contributed by atoms with van der Waals surface area (Å²) in [6.45, 7) is 13.3. The van der Waals surface area contributed by atoms with Crippen LogP contribution < -0.4 is 16.9 Å². The SMILES string of the molecule is CC(C)(C)OC(=O)n1cc(B2OC(C)(C)C(C)(C)O2)cn1.Nc1cc2cc(-c3cn[nH]c3)ccc2cn1.Nc1cc2cc(Br)ccc2cn1. The van der Waals surface area contributed by atoms with Gasteiger partial charge in [-0.1, -0.05) is 34.1 Å². The molecule has 2 aromatic carbocycles. The van der Waals surface area contributed by atoms with Crippen LogP contribution in [0.25, 0.3) is 32.7 Å². The number of rotatable bonds is 2. The minimum absolute atomic E-state index is 0.425. The van der Waals surface area contributed by atoms with Crippen LogP contribution in [-0.4, -0.2) is 60.0 Å². The maximum absolute atomic E-state index is 11.9. The number of nitrogens with two attached hydrogens (primary N) is 2. The third kappa shape index (κ3) is 8.82. The number of pyridine rings is 2. The lowest BCUT2D eigenvalue weighted by Gasteiger charge is -2.32. The van der Waals surface area contributed by atoms with Crippen molar-refractivity contribution in [1.82, 2.24) is 29.9 Å². The molecule has 1 saturated heterocycles. The van der Waals surface area contributed by atoms with E-state index in [1.807, 2.05) is 97.1 Å². The first-order chi connectivity index (χ1) is 23.0. The van der Waals surface area contributed by atoms with Crippen molar-refractivity contribution in [3.8, 4) is 11.1 Å². The van der Waals surface area contributed by atoms with Crippen molar-refractivity contribution in [3.05, 3.63) is 90.2 Å². The summed E-state index contributed by atoms with van der Waals surface area (Å²) in [6, 6.07) is 15.9. The van der Waals surface area contributed by atoms with E-state index in [4.69, 9.17) is 25.5 Å². The quantitative estimate of drug-likeness (QED) is 0.162. The molecule has 6 aromatic rings. The highest BCUT2D eigenvalue weighted by molar-refractivity contribution is 9.10. The number of fused-ring (bicyclic) bond motifs is 2. The zero-order chi connectivity index (χ0) is 35.6. The van der Waals surface area contributed by atoms with Crippen LogP contribution in [-0.2, 0) is 14.0 Å². The van der Waals surface area contributed by atoms with Gasteiger partial charge in [0.15, 0.2) is 0 Å². The first kappa shape index (κ1) is 35.5. The molecule has 254 valence electrons. The summed E-state index contributed by atoms with van der Waals surface area (Å²) in [5, 5.41) is 15.1. The molecule has 49 heavy (non-hydrogen) atoms. The molecule has 7 rings (SSSR count). The summed E-state index contributed by atoms with van der Waals surface area (Å²) < 4.78 is 19.3. The summed E-state index contributed by atoms with van der Waals surface area (Å²) >= 11 is 3.40. The number of hydrogen-bond acceptors (Lipinski definition) is 10. The van der Waals surface area contributed by atoms with Gasteiger partial charge in [-0.05, 0) is 95.1 Å². The van der Waals surface area contributed by atoms with Crippen LogP contribution in [0.5, 0.6) is 0 Å². The van der Waals surface area contributed by atoms with Crippen LogP contribution in [0.4, 0.5) is 16.4 Å². The lowest BCUT2D eigenvalue weighted by molar-refractivity contribution is 0.00578. The van der Waals surface area contributed by atoms with Crippen LogP contribution in [0.2, 0.25) is 0 Å².